The van der Waals surface area contributed by atoms with Gasteiger partial charge in [-0.25, -0.2) is 0 Å². The van der Waals surface area contributed by atoms with Crippen LogP contribution in [-0.2, 0) is 14.3 Å². The first-order valence-corrected chi connectivity index (χ1v) is 9.89. The van der Waals surface area contributed by atoms with E-state index in [0.717, 1.165) is 25.8 Å². The highest BCUT2D eigenvalue weighted by Gasteiger charge is 2.27. The predicted octanol–water partition coefficient (Wildman–Crippen LogP) is 3.31. The van der Waals surface area contributed by atoms with Crippen LogP contribution in [0.25, 0.3) is 0 Å². The Bertz CT molecular complexity index is 327. The molecule has 1 aliphatic carbocycles. The molecule has 0 heterocycles. The second-order valence-corrected chi connectivity index (χ2v) is 6.84. The Morgan fingerprint density at radius 1 is 1.12 bits per heavy atom. The first-order chi connectivity index (χ1) is 11.6. The third-order valence-electron chi connectivity index (χ3n) is 4.78. The summed E-state index contributed by atoms with van der Waals surface area (Å²) in [5, 5.41) is 0. The van der Waals surface area contributed by atoms with Crippen molar-refractivity contribution in [3.63, 3.8) is 0 Å². The fourth-order valence-corrected chi connectivity index (χ4v) is 3.42. The summed E-state index contributed by atoms with van der Waals surface area (Å²) in [5.41, 5.74) is 6.16. The second-order valence-electron chi connectivity index (χ2n) is 6.84. The van der Waals surface area contributed by atoms with Gasteiger partial charge in [0.1, 0.15) is 0 Å². The minimum Gasteiger partial charge on any atom is -0.351 e. The topological polar surface area (TPSA) is 64.8 Å². The van der Waals surface area contributed by atoms with Gasteiger partial charge in [-0.15, -0.1) is 0 Å². The lowest BCUT2D eigenvalue weighted by Crippen LogP contribution is -2.49. The summed E-state index contributed by atoms with van der Waals surface area (Å²) >= 11 is 0. The zero-order valence-corrected chi connectivity index (χ0v) is 16.0. The van der Waals surface area contributed by atoms with Crippen molar-refractivity contribution in [1.29, 1.82) is 0 Å². The molecular weight excluding hydrogens is 304 g/mol. The Labute approximate surface area is 148 Å². The van der Waals surface area contributed by atoms with Crippen LogP contribution in [0, 0.1) is 5.92 Å². The van der Waals surface area contributed by atoms with Crippen molar-refractivity contribution in [2.24, 2.45) is 11.7 Å². The number of carbonyl (C=O) groups excluding carboxylic acids is 1. The van der Waals surface area contributed by atoms with E-state index >= 15 is 0 Å². The molecule has 0 aromatic carbocycles. The number of nitrogens with zero attached hydrogens (tertiary/aromatic N) is 1. The van der Waals surface area contributed by atoms with Gasteiger partial charge in [0.2, 0.25) is 5.91 Å². The highest BCUT2D eigenvalue weighted by atomic mass is 16.7. The molecule has 2 N–H and O–H groups in total. The highest BCUT2D eigenvalue weighted by Crippen LogP contribution is 2.25. The van der Waals surface area contributed by atoms with Gasteiger partial charge in [-0.05, 0) is 39.0 Å². The molecule has 0 aromatic rings. The maximum Gasteiger partial charge on any atom is 0.239 e. The van der Waals surface area contributed by atoms with Gasteiger partial charge in [0, 0.05) is 19.8 Å². The van der Waals surface area contributed by atoms with Gasteiger partial charge >= 0.3 is 0 Å². The molecule has 142 valence electrons. The average molecular weight is 343 g/mol. The van der Waals surface area contributed by atoms with E-state index in [-0.39, 0.29) is 12.2 Å². The van der Waals surface area contributed by atoms with Crippen LogP contribution in [0.2, 0.25) is 0 Å². The number of nitrogens with two attached hydrogens (primary N) is 1. The molecule has 0 unspecified atom stereocenters. The third-order valence-corrected chi connectivity index (χ3v) is 4.78. The number of hydrogen-bond donors (Lipinski definition) is 1. The first kappa shape index (κ1) is 21.4. The maximum absolute atomic E-state index is 12.9. The third kappa shape index (κ3) is 7.95. The summed E-state index contributed by atoms with van der Waals surface area (Å²) in [6.45, 7) is 8.46. The summed E-state index contributed by atoms with van der Waals surface area (Å²) in [6.07, 6.45) is 8.74. The Hall–Kier alpha value is -0.650. The minimum absolute atomic E-state index is 0.0541. The molecule has 0 radical (unpaired) electrons. The normalized spacial score (nSPS) is 17.2. The number of hydrogen-bond acceptors (Lipinski definition) is 4. The molecule has 1 amide bonds. The van der Waals surface area contributed by atoms with Crippen molar-refractivity contribution in [3.05, 3.63) is 0 Å². The van der Waals surface area contributed by atoms with Crippen LogP contribution in [-0.4, -0.2) is 49.4 Å². The molecule has 0 spiro atoms. The van der Waals surface area contributed by atoms with Crippen molar-refractivity contribution >= 4 is 5.91 Å². The summed E-state index contributed by atoms with van der Waals surface area (Å²) in [7, 11) is 0. The molecule has 1 rings (SSSR count). The average Bonchev–Trinajstić information content (AvgIpc) is 2.59. The second kappa shape index (κ2) is 12.7. The van der Waals surface area contributed by atoms with E-state index in [1.165, 1.54) is 32.1 Å². The lowest BCUT2D eigenvalue weighted by molar-refractivity contribution is -0.160. The van der Waals surface area contributed by atoms with E-state index in [0.29, 0.717) is 25.7 Å². The lowest BCUT2D eigenvalue weighted by atomic mass is 9.88. The van der Waals surface area contributed by atoms with E-state index < -0.39 is 6.04 Å². The van der Waals surface area contributed by atoms with Crippen LogP contribution in [0.3, 0.4) is 0 Å². The van der Waals surface area contributed by atoms with Gasteiger partial charge in [0.05, 0.1) is 12.6 Å². The zero-order valence-electron chi connectivity index (χ0n) is 16.0. The number of ether oxygens (including phenoxy) is 2. The summed E-state index contributed by atoms with van der Waals surface area (Å²) in [5.74, 6) is 0.642. The van der Waals surface area contributed by atoms with Crippen LogP contribution in [0.4, 0.5) is 0 Å². The molecule has 24 heavy (non-hydrogen) atoms. The quantitative estimate of drug-likeness (QED) is 0.553. The smallest absolute Gasteiger partial charge is 0.239 e. The molecule has 1 atom stereocenters. The van der Waals surface area contributed by atoms with E-state index in [2.05, 4.69) is 6.92 Å². The van der Waals surface area contributed by atoms with Crippen molar-refractivity contribution in [3.8, 4) is 0 Å². The van der Waals surface area contributed by atoms with Gasteiger partial charge < -0.3 is 20.1 Å². The van der Waals surface area contributed by atoms with Crippen LogP contribution in [0.5, 0.6) is 0 Å². The van der Waals surface area contributed by atoms with Gasteiger partial charge in [-0.3, -0.25) is 4.79 Å². The molecule has 1 saturated carbocycles. The van der Waals surface area contributed by atoms with Crippen LogP contribution >= 0.6 is 0 Å². The molecule has 0 saturated heterocycles. The summed E-state index contributed by atoms with van der Waals surface area (Å²) in [4.78, 5) is 14.8. The first-order valence-electron chi connectivity index (χ1n) is 9.89. The predicted molar refractivity (Wildman–Crippen MR) is 97.7 cm³/mol. The van der Waals surface area contributed by atoms with Gasteiger partial charge in [0.25, 0.3) is 0 Å². The Kier molecular flexibility index (Phi) is 11.3. The minimum atomic E-state index is -0.405. The van der Waals surface area contributed by atoms with E-state index in [4.69, 9.17) is 15.2 Å². The van der Waals surface area contributed by atoms with Crippen molar-refractivity contribution in [2.75, 3.05) is 26.3 Å². The van der Waals surface area contributed by atoms with E-state index in [9.17, 15) is 4.79 Å². The lowest BCUT2D eigenvalue weighted by Gasteiger charge is -2.33. The molecule has 1 aliphatic rings. The van der Waals surface area contributed by atoms with Gasteiger partial charge in [0.15, 0.2) is 6.29 Å². The highest BCUT2D eigenvalue weighted by molar-refractivity contribution is 5.81. The van der Waals surface area contributed by atoms with Crippen molar-refractivity contribution in [1.82, 2.24) is 4.90 Å². The Morgan fingerprint density at radius 2 is 1.75 bits per heavy atom. The van der Waals surface area contributed by atoms with Crippen LogP contribution in [0.1, 0.15) is 72.1 Å². The summed E-state index contributed by atoms with van der Waals surface area (Å²) in [6, 6.07) is -0.405. The van der Waals surface area contributed by atoms with Crippen molar-refractivity contribution in [2.45, 2.75) is 84.5 Å². The molecule has 5 heteroatoms. The van der Waals surface area contributed by atoms with Gasteiger partial charge in [-0.2, -0.15) is 0 Å². The van der Waals surface area contributed by atoms with Crippen LogP contribution in [0.15, 0.2) is 0 Å². The van der Waals surface area contributed by atoms with Crippen LogP contribution < -0.4 is 5.73 Å². The molecule has 0 bridgehead atoms. The Morgan fingerprint density at radius 3 is 2.29 bits per heavy atom. The molecule has 5 nitrogen and oxygen atoms in total. The number of amides is 1. The fourth-order valence-electron chi connectivity index (χ4n) is 3.42. The SMILES string of the molecule is CCCC[C@H](N)C(=O)N(CC1CCCCC1)CC(OCC)OCC. The Balaban J connectivity index is 2.70. The monoisotopic (exact) mass is 342 g/mol. The largest absolute Gasteiger partial charge is 0.351 e. The summed E-state index contributed by atoms with van der Waals surface area (Å²) < 4.78 is 11.3. The molecular formula is C19H38N2O3. The number of rotatable bonds is 12. The van der Waals surface area contributed by atoms with Gasteiger partial charge in [-0.1, -0.05) is 39.0 Å². The number of unbranched alkanes of at least 4 members (excludes halogenated alkanes) is 1. The standard InChI is InChI=1S/C19H38N2O3/c1-4-7-13-17(20)19(22)21(14-16-11-9-8-10-12-16)15-18(23-5-2)24-6-3/h16-18H,4-15,20H2,1-3H3/t17-/m0/s1. The molecule has 0 aromatic heterocycles. The fraction of sp³-hybridized carbons (Fsp3) is 0.947. The van der Waals surface area contributed by atoms with E-state index in [1.54, 1.807) is 0 Å². The van der Waals surface area contributed by atoms with Crippen molar-refractivity contribution < 1.29 is 14.3 Å². The molecule has 0 aliphatic heterocycles. The molecule has 1 fully saturated rings. The van der Waals surface area contributed by atoms with E-state index in [1.807, 2.05) is 18.7 Å². The maximum atomic E-state index is 12.9. The zero-order chi connectivity index (χ0) is 17.8. The number of carbonyl (C=O) groups is 1.